The molecule has 2 aromatic carbocycles. The van der Waals surface area contributed by atoms with E-state index in [9.17, 15) is 14.4 Å². The van der Waals surface area contributed by atoms with Crippen LogP contribution in [0.3, 0.4) is 0 Å². The molecule has 9 heteroatoms. The van der Waals surface area contributed by atoms with E-state index in [-0.39, 0.29) is 23.1 Å². The maximum atomic E-state index is 13.2. The number of anilines is 1. The molecule has 3 N–H and O–H groups in total. The summed E-state index contributed by atoms with van der Waals surface area (Å²) in [6.07, 6.45) is 0.970. The van der Waals surface area contributed by atoms with Gasteiger partial charge >= 0.3 is 0 Å². The molecule has 0 unspecified atom stereocenters. The van der Waals surface area contributed by atoms with Crippen LogP contribution in [0.25, 0.3) is 5.69 Å². The van der Waals surface area contributed by atoms with E-state index in [0.29, 0.717) is 41.5 Å². The second-order valence-corrected chi connectivity index (χ2v) is 8.07. The maximum absolute atomic E-state index is 13.2. The van der Waals surface area contributed by atoms with Crippen LogP contribution in [-0.2, 0) is 11.2 Å². The van der Waals surface area contributed by atoms with Crippen molar-refractivity contribution in [1.29, 1.82) is 5.26 Å². The number of carbonyl (C=O) groups is 1. The number of hydrogen-bond acceptors (Lipinski definition) is 5. The first kappa shape index (κ1) is 23.1. The van der Waals surface area contributed by atoms with Crippen molar-refractivity contribution < 1.29 is 13.9 Å². The van der Waals surface area contributed by atoms with Crippen LogP contribution in [0.1, 0.15) is 31.5 Å². The van der Waals surface area contributed by atoms with Crippen molar-refractivity contribution >= 4 is 23.3 Å². The third kappa shape index (κ3) is 5.37. The van der Waals surface area contributed by atoms with Gasteiger partial charge < -0.3 is 15.8 Å². The zero-order chi connectivity index (χ0) is 23.3. The molecule has 1 amide bonds. The molecule has 0 bridgehead atoms. The van der Waals surface area contributed by atoms with Gasteiger partial charge in [0.2, 0.25) is 0 Å². The van der Waals surface area contributed by atoms with Crippen LogP contribution in [0.5, 0.6) is 5.75 Å². The summed E-state index contributed by atoms with van der Waals surface area (Å²) in [6.45, 7) is 3.71. The molecule has 0 aliphatic heterocycles. The number of benzene rings is 2. The van der Waals surface area contributed by atoms with E-state index in [1.54, 1.807) is 38.1 Å². The Morgan fingerprint density at radius 1 is 1.25 bits per heavy atom. The van der Waals surface area contributed by atoms with E-state index in [1.807, 2.05) is 0 Å². The molecule has 0 saturated heterocycles. The van der Waals surface area contributed by atoms with Gasteiger partial charge in [-0.2, -0.15) is 10.4 Å². The SMILES string of the molecule is CC(C)(Oc1ccc(Cl)cc1)C(=O)NCCCc1nn(-c2ccc(F)cc2)c(N)c1C#N. The van der Waals surface area contributed by atoms with Crippen LogP contribution in [0.4, 0.5) is 10.2 Å². The summed E-state index contributed by atoms with van der Waals surface area (Å²) in [5, 5.41) is 17.3. The molecule has 0 saturated carbocycles. The number of nitrogens with zero attached hydrogens (tertiary/aromatic N) is 3. The minimum Gasteiger partial charge on any atom is -0.478 e. The first-order chi connectivity index (χ1) is 15.2. The second kappa shape index (κ2) is 9.71. The van der Waals surface area contributed by atoms with E-state index < -0.39 is 5.60 Å². The van der Waals surface area contributed by atoms with Gasteiger partial charge in [-0.15, -0.1) is 0 Å². The summed E-state index contributed by atoms with van der Waals surface area (Å²) in [5.74, 6) is 0.0777. The van der Waals surface area contributed by atoms with E-state index in [1.165, 1.54) is 28.9 Å². The van der Waals surface area contributed by atoms with Gasteiger partial charge in [-0.3, -0.25) is 4.79 Å². The average Bonchev–Trinajstić information content (AvgIpc) is 3.08. The molecule has 1 aromatic heterocycles. The lowest BCUT2D eigenvalue weighted by atomic mass is 10.1. The number of nitrogen functional groups attached to an aromatic ring is 1. The molecular formula is C23H23ClFN5O2. The Morgan fingerprint density at radius 3 is 2.53 bits per heavy atom. The average molecular weight is 456 g/mol. The van der Waals surface area contributed by atoms with Crippen molar-refractivity contribution in [2.45, 2.75) is 32.3 Å². The predicted molar refractivity (Wildman–Crippen MR) is 120 cm³/mol. The Kier molecular flexibility index (Phi) is 7.01. The summed E-state index contributed by atoms with van der Waals surface area (Å²) in [5.41, 5.74) is 6.32. The fraction of sp³-hybridized carbons (Fsp3) is 0.261. The van der Waals surface area contributed by atoms with Gasteiger partial charge in [-0.05, 0) is 75.2 Å². The lowest BCUT2D eigenvalue weighted by molar-refractivity contribution is -0.134. The number of nitrogens with two attached hydrogens (primary N) is 1. The predicted octanol–water partition coefficient (Wildman–Crippen LogP) is 4.03. The third-order valence-electron chi connectivity index (χ3n) is 4.79. The van der Waals surface area contributed by atoms with Crippen molar-refractivity contribution in [2.24, 2.45) is 0 Å². The smallest absolute Gasteiger partial charge is 0.263 e. The quantitative estimate of drug-likeness (QED) is 0.499. The minimum absolute atomic E-state index is 0.190. The molecule has 3 rings (SSSR count). The van der Waals surface area contributed by atoms with Crippen molar-refractivity contribution in [2.75, 3.05) is 12.3 Å². The van der Waals surface area contributed by atoms with Crippen LogP contribution in [-0.4, -0.2) is 27.8 Å². The molecule has 32 heavy (non-hydrogen) atoms. The molecule has 0 atom stereocenters. The zero-order valence-electron chi connectivity index (χ0n) is 17.7. The summed E-state index contributed by atoms with van der Waals surface area (Å²) in [7, 11) is 0. The molecule has 0 aliphatic carbocycles. The number of halogens is 2. The highest BCUT2D eigenvalue weighted by atomic mass is 35.5. The van der Waals surface area contributed by atoms with Gasteiger partial charge in [0, 0.05) is 11.6 Å². The van der Waals surface area contributed by atoms with Crippen LogP contribution in [0, 0.1) is 17.1 Å². The molecule has 7 nitrogen and oxygen atoms in total. The largest absolute Gasteiger partial charge is 0.478 e. The fourth-order valence-electron chi connectivity index (χ4n) is 3.07. The summed E-state index contributed by atoms with van der Waals surface area (Å²) in [6, 6.07) is 14.5. The number of nitrogens with one attached hydrogen (secondary N) is 1. The van der Waals surface area contributed by atoms with Crippen LogP contribution in [0.15, 0.2) is 48.5 Å². The normalized spacial score (nSPS) is 11.1. The third-order valence-corrected chi connectivity index (χ3v) is 5.04. The number of hydrogen-bond donors (Lipinski definition) is 2. The number of nitriles is 1. The highest BCUT2D eigenvalue weighted by molar-refractivity contribution is 6.30. The van der Waals surface area contributed by atoms with E-state index >= 15 is 0 Å². The molecule has 0 fully saturated rings. The first-order valence-electron chi connectivity index (χ1n) is 9.97. The molecule has 0 radical (unpaired) electrons. The van der Waals surface area contributed by atoms with Crippen LogP contribution >= 0.6 is 11.6 Å². The van der Waals surface area contributed by atoms with Crippen molar-refractivity contribution in [1.82, 2.24) is 15.1 Å². The Hall–Kier alpha value is -3.57. The Bertz CT molecular complexity index is 1130. The van der Waals surface area contributed by atoms with E-state index in [0.717, 1.165) is 0 Å². The Morgan fingerprint density at radius 2 is 1.91 bits per heavy atom. The lowest BCUT2D eigenvalue weighted by Crippen LogP contribution is -2.46. The number of ether oxygens (including phenoxy) is 1. The first-order valence-corrected chi connectivity index (χ1v) is 10.4. The lowest BCUT2D eigenvalue weighted by Gasteiger charge is -2.25. The fourth-order valence-corrected chi connectivity index (χ4v) is 3.19. The summed E-state index contributed by atoms with van der Waals surface area (Å²) < 4.78 is 20.4. The van der Waals surface area contributed by atoms with Crippen molar-refractivity contribution in [3.63, 3.8) is 0 Å². The number of amides is 1. The maximum Gasteiger partial charge on any atom is 0.263 e. The second-order valence-electron chi connectivity index (χ2n) is 7.63. The standard InChI is InChI=1S/C23H23ClFN5O2/c1-23(2,32-18-11-5-15(24)6-12-18)22(31)28-13-3-4-20-19(14-26)21(27)30(29-20)17-9-7-16(25)8-10-17/h5-12H,3-4,13,27H2,1-2H3,(H,28,31). The number of aromatic nitrogens is 2. The molecule has 0 aliphatic rings. The zero-order valence-corrected chi connectivity index (χ0v) is 18.5. The topological polar surface area (TPSA) is 106 Å². The molecular weight excluding hydrogens is 433 g/mol. The van der Waals surface area contributed by atoms with E-state index in [2.05, 4.69) is 16.5 Å². The highest BCUT2D eigenvalue weighted by Crippen LogP contribution is 2.23. The summed E-state index contributed by atoms with van der Waals surface area (Å²) >= 11 is 5.87. The van der Waals surface area contributed by atoms with Gasteiger partial charge in [0.25, 0.3) is 5.91 Å². The number of aryl methyl sites for hydroxylation is 1. The Balaban J connectivity index is 1.58. The molecule has 3 aromatic rings. The van der Waals surface area contributed by atoms with Gasteiger partial charge in [0.1, 0.15) is 29.0 Å². The molecule has 1 heterocycles. The highest BCUT2D eigenvalue weighted by Gasteiger charge is 2.29. The van der Waals surface area contributed by atoms with Gasteiger partial charge in [-0.25, -0.2) is 9.07 Å². The molecule has 0 spiro atoms. The van der Waals surface area contributed by atoms with Gasteiger partial charge in [0.05, 0.1) is 11.4 Å². The van der Waals surface area contributed by atoms with Gasteiger partial charge in [0.15, 0.2) is 5.60 Å². The number of carbonyl (C=O) groups excluding carboxylic acids is 1. The van der Waals surface area contributed by atoms with Gasteiger partial charge in [-0.1, -0.05) is 11.6 Å². The monoisotopic (exact) mass is 455 g/mol. The molecule has 166 valence electrons. The minimum atomic E-state index is -1.08. The summed E-state index contributed by atoms with van der Waals surface area (Å²) in [4.78, 5) is 12.6. The van der Waals surface area contributed by atoms with Crippen LogP contribution in [0.2, 0.25) is 5.02 Å². The van der Waals surface area contributed by atoms with E-state index in [4.69, 9.17) is 22.1 Å². The number of rotatable bonds is 8. The van der Waals surface area contributed by atoms with Crippen molar-refractivity contribution in [3.05, 3.63) is 70.6 Å². The Labute approximate surface area is 190 Å². The van der Waals surface area contributed by atoms with Crippen LogP contribution < -0.4 is 15.8 Å². The van der Waals surface area contributed by atoms with Crippen molar-refractivity contribution in [3.8, 4) is 17.5 Å².